The predicted molar refractivity (Wildman–Crippen MR) is 105 cm³/mol. The van der Waals surface area contributed by atoms with E-state index in [1.807, 2.05) is 30.5 Å². The van der Waals surface area contributed by atoms with Crippen LogP contribution in [0.25, 0.3) is 21.9 Å². The van der Waals surface area contributed by atoms with Gasteiger partial charge in [0.2, 0.25) is 0 Å². The molecule has 0 bridgehead atoms. The maximum atomic E-state index is 6.10. The first kappa shape index (κ1) is 15.6. The van der Waals surface area contributed by atoms with E-state index in [4.69, 9.17) is 11.6 Å². The highest BCUT2D eigenvalue weighted by atomic mass is 35.5. The lowest BCUT2D eigenvalue weighted by Crippen LogP contribution is -2.33. The minimum absolute atomic E-state index is 0.548. The number of anilines is 1. The van der Waals surface area contributed by atoms with Crippen LogP contribution in [-0.2, 0) is 0 Å². The molecule has 1 aliphatic heterocycles. The first-order valence-electron chi connectivity index (χ1n) is 8.87. The third-order valence-corrected chi connectivity index (χ3v) is 5.53. The van der Waals surface area contributed by atoms with Crippen LogP contribution >= 0.6 is 11.6 Å². The average molecular weight is 364 g/mol. The van der Waals surface area contributed by atoms with Crippen molar-refractivity contribution in [1.82, 2.24) is 19.9 Å². The van der Waals surface area contributed by atoms with Gasteiger partial charge in [-0.3, -0.25) is 0 Å². The van der Waals surface area contributed by atoms with Crippen LogP contribution in [0.4, 0.5) is 5.82 Å². The molecule has 4 heterocycles. The average Bonchev–Trinajstić information content (AvgIpc) is 3.11. The lowest BCUT2D eigenvalue weighted by atomic mass is 9.89. The van der Waals surface area contributed by atoms with Crippen LogP contribution in [-0.4, -0.2) is 33.0 Å². The van der Waals surface area contributed by atoms with E-state index in [2.05, 4.69) is 37.1 Å². The van der Waals surface area contributed by atoms with Gasteiger partial charge in [-0.15, -0.1) is 0 Å². The van der Waals surface area contributed by atoms with Crippen molar-refractivity contribution in [1.29, 1.82) is 0 Å². The topological polar surface area (TPSA) is 57.7 Å². The number of halogens is 1. The van der Waals surface area contributed by atoms with E-state index in [1.165, 1.54) is 10.9 Å². The molecule has 1 N–H and O–H groups in total. The van der Waals surface area contributed by atoms with Crippen LogP contribution in [0, 0.1) is 0 Å². The number of hydrogen-bond donors (Lipinski definition) is 1. The molecule has 26 heavy (non-hydrogen) atoms. The number of nitrogens with zero attached hydrogens (tertiary/aromatic N) is 4. The van der Waals surface area contributed by atoms with Crippen molar-refractivity contribution in [3.8, 4) is 0 Å². The monoisotopic (exact) mass is 363 g/mol. The van der Waals surface area contributed by atoms with Crippen molar-refractivity contribution in [2.45, 2.75) is 18.8 Å². The SMILES string of the molecule is Clc1ccc2c(N3CCC(c4c[nH]c5ncccc45)CC3)ncnc2c1. The molecule has 1 aliphatic rings. The van der Waals surface area contributed by atoms with Gasteiger partial charge < -0.3 is 9.88 Å². The summed E-state index contributed by atoms with van der Waals surface area (Å²) in [5, 5.41) is 3.01. The predicted octanol–water partition coefficient (Wildman–Crippen LogP) is 4.54. The maximum Gasteiger partial charge on any atom is 0.139 e. The number of piperidine rings is 1. The number of hydrogen-bond acceptors (Lipinski definition) is 4. The van der Waals surface area contributed by atoms with Crippen molar-refractivity contribution in [2.75, 3.05) is 18.0 Å². The van der Waals surface area contributed by atoms with E-state index >= 15 is 0 Å². The zero-order chi connectivity index (χ0) is 17.5. The highest BCUT2D eigenvalue weighted by Crippen LogP contribution is 2.35. The van der Waals surface area contributed by atoms with Gasteiger partial charge in [0, 0.05) is 41.3 Å². The molecule has 0 spiro atoms. The molecule has 1 aromatic carbocycles. The van der Waals surface area contributed by atoms with Crippen LogP contribution < -0.4 is 4.90 Å². The first-order chi connectivity index (χ1) is 12.8. The molecule has 1 fully saturated rings. The maximum absolute atomic E-state index is 6.10. The molecular formula is C20H18ClN5. The Morgan fingerprint density at radius 2 is 1.92 bits per heavy atom. The van der Waals surface area contributed by atoms with Gasteiger partial charge in [0.05, 0.1) is 5.52 Å². The van der Waals surface area contributed by atoms with Crippen LogP contribution in [0.3, 0.4) is 0 Å². The van der Waals surface area contributed by atoms with Gasteiger partial charge in [-0.05, 0) is 54.7 Å². The van der Waals surface area contributed by atoms with E-state index < -0.39 is 0 Å². The molecule has 0 radical (unpaired) electrons. The van der Waals surface area contributed by atoms with Crippen LogP contribution in [0.1, 0.15) is 24.3 Å². The second kappa shape index (κ2) is 6.25. The van der Waals surface area contributed by atoms with Crippen molar-refractivity contribution in [3.05, 3.63) is 59.6 Å². The zero-order valence-corrected chi connectivity index (χ0v) is 14.9. The summed E-state index contributed by atoms with van der Waals surface area (Å²) in [5.41, 5.74) is 3.25. The minimum Gasteiger partial charge on any atom is -0.356 e. The molecule has 0 aliphatic carbocycles. The normalized spacial score (nSPS) is 15.8. The van der Waals surface area contributed by atoms with Gasteiger partial charge in [0.15, 0.2) is 0 Å². The van der Waals surface area contributed by atoms with Crippen molar-refractivity contribution in [2.24, 2.45) is 0 Å². The Morgan fingerprint density at radius 1 is 1.04 bits per heavy atom. The summed E-state index contributed by atoms with van der Waals surface area (Å²) >= 11 is 6.10. The summed E-state index contributed by atoms with van der Waals surface area (Å²) in [6.45, 7) is 1.96. The molecule has 3 aromatic heterocycles. The molecule has 0 saturated carbocycles. The lowest BCUT2D eigenvalue weighted by molar-refractivity contribution is 0.506. The van der Waals surface area contributed by atoms with Crippen LogP contribution in [0.15, 0.2) is 49.1 Å². The smallest absolute Gasteiger partial charge is 0.139 e. The summed E-state index contributed by atoms with van der Waals surface area (Å²) in [6, 6.07) is 9.98. The second-order valence-electron chi connectivity index (χ2n) is 6.76. The number of benzene rings is 1. The Bertz CT molecular complexity index is 1080. The summed E-state index contributed by atoms with van der Waals surface area (Å²) < 4.78 is 0. The number of aromatic amines is 1. The fourth-order valence-corrected chi connectivity index (χ4v) is 4.15. The Morgan fingerprint density at radius 3 is 2.81 bits per heavy atom. The number of rotatable bonds is 2. The number of fused-ring (bicyclic) bond motifs is 2. The highest BCUT2D eigenvalue weighted by Gasteiger charge is 2.24. The van der Waals surface area contributed by atoms with E-state index in [9.17, 15) is 0 Å². The van der Waals surface area contributed by atoms with Gasteiger partial charge in [-0.2, -0.15) is 0 Å². The molecule has 0 unspecified atom stereocenters. The molecule has 0 amide bonds. The molecule has 5 rings (SSSR count). The summed E-state index contributed by atoms with van der Waals surface area (Å²) in [5.74, 6) is 1.55. The Hall–Kier alpha value is -2.66. The number of H-pyrrole nitrogens is 1. The van der Waals surface area contributed by atoms with E-state index in [0.29, 0.717) is 10.9 Å². The largest absolute Gasteiger partial charge is 0.356 e. The van der Waals surface area contributed by atoms with E-state index in [1.54, 1.807) is 6.33 Å². The van der Waals surface area contributed by atoms with Crippen molar-refractivity contribution >= 4 is 39.4 Å². The van der Waals surface area contributed by atoms with Gasteiger partial charge in [0.1, 0.15) is 17.8 Å². The minimum atomic E-state index is 0.548. The molecule has 1 saturated heterocycles. The third-order valence-electron chi connectivity index (χ3n) is 5.29. The Labute approximate surface area is 156 Å². The molecular weight excluding hydrogens is 346 g/mol. The lowest BCUT2D eigenvalue weighted by Gasteiger charge is -2.33. The highest BCUT2D eigenvalue weighted by molar-refractivity contribution is 6.31. The van der Waals surface area contributed by atoms with Gasteiger partial charge in [-0.25, -0.2) is 15.0 Å². The van der Waals surface area contributed by atoms with Gasteiger partial charge >= 0.3 is 0 Å². The fraction of sp³-hybridized carbons (Fsp3) is 0.250. The number of nitrogens with one attached hydrogen (secondary N) is 1. The molecule has 4 aromatic rings. The summed E-state index contributed by atoms with van der Waals surface area (Å²) in [4.78, 5) is 19.0. The van der Waals surface area contributed by atoms with Crippen LogP contribution in [0.5, 0.6) is 0 Å². The third kappa shape index (κ3) is 2.59. The summed E-state index contributed by atoms with van der Waals surface area (Å²) in [7, 11) is 0. The first-order valence-corrected chi connectivity index (χ1v) is 9.24. The second-order valence-corrected chi connectivity index (χ2v) is 7.20. The Kier molecular flexibility index (Phi) is 3.75. The Balaban J connectivity index is 1.41. The number of aromatic nitrogens is 4. The van der Waals surface area contributed by atoms with E-state index in [0.717, 1.165) is 48.3 Å². The van der Waals surface area contributed by atoms with Crippen molar-refractivity contribution < 1.29 is 0 Å². The molecule has 130 valence electrons. The molecule has 6 heteroatoms. The van der Waals surface area contributed by atoms with Crippen LogP contribution in [0.2, 0.25) is 5.02 Å². The fourth-order valence-electron chi connectivity index (χ4n) is 3.99. The quantitative estimate of drug-likeness (QED) is 0.568. The summed E-state index contributed by atoms with van der Waals surface area (Å²) in [6.07, 6.45) is 7.78. The van der Waals surface area contributed by atoms with E-state index in [-0.39, 0.29) is 0 Å². The zero-order valence-electron chi connectivity index (χ0n) is 14.2. The molecule has 0 atom stereocenters. The molecule has 5 nitrogen and oxygen atoms in total. The van der Waals surface area contributed by atoms with Crippen molar-refractivity contribution in [3.63, 3.8) is 0 Å². The number of pyridine rings is 1. The standard InChI is InChI=1S/C20H18ClN5/c21-14-3-4-16-18(10-14)24-12-25-20(16)26-8-5-13(6-9-26)17-11-23-19-15(17)2-1-7-22-19/h1-4,7,10-13H,5-6,8-9H2,(H,22,23). The van der Waals surface area contributed by atoms with Gasteiger partial charge in [0.25, 0.3) is 0 Å². The van der Waals surface area contributed by atoms with Gasteiger partial charge in [-0.1, -0.05) is 11.6 Å².